The highest BCUT2D eigenvalue weighted by Crippen LogP contribution is 2.52. The van der Waals surface area contributed by atoms with E-state index in [1.807, 2.05) is 0 Å². The minimum absolute atomic E-state index is 1.08. The van der Waals surface area contributed by atoms with Gasteiger partial charge >= 0.3 is 0 Å². The van der Waals surface area contributed by atoms with Gasteiger partial charge in [-0.25, -0.2) is 0 Å². The molecule has 0 N–H and O–H groups in total. The van der Waals surface area contributed by atoms with E-state index in [-0.39, 0.29) is 0 Å². The molecule has 1 aliphatic rings. The van der Waals surface area contributed by atoms with Gasteiger partial charge < -0.3 is 14.4 Å². The molecule has 12 aromatic carbocycles. The summed E-state index contributed by atoms with van der Waals surface area (Å²) >= 11 is 0. The average Bonchev–Trinajstić information content (AvgIpc) is 3.79. The van der Waals surface area contributed by atoms with Gasteiger partial charge in [0.1, 0.15) is 0 Å². The zero-order valence-corrected chi connectivity index (χ0v) is 38.8. The van der Waals surface area contributed by atoms with Crippen molar-refractivity contribution in [3.8, 4) is 50.2 Å². The smallest absolute Gasteiger partial charge is 0.0547 e. The van der Waals surface area contributed by atoms with E-state index in [1.54, 1.807) is 0 Å². The molecule has 0 fully saturated rings. The van der Waals surface area contributed by atoms with E-state index in [0.717, 1.165) is 39.6 Å². The standard InChI is InChI=1S/C68H45N3/c1-4-15-46(16-5-1)48-29-35-55(36-30-48)69(58-39-42-64-62(45-58)68-59-26-11-10-19-50(59)33-41-66(68)70(64)54-23-8-3-9-24-54)57-25-12-22-52(43-57)53-34-40-63-61(44-53)60-27-13-20-51-21-14-28-65(67(51)60)71(63)56-37-31-49(32-38-56)47-17-6-2-7-18-47/h1-45H. The maximum atomic E-state index is 2.44. The molecule has 0 unspecified atom stereocenters. The van der Waals surface area contributed by atoms with Gasteiger partial charge in [0.2, 0.25) is 0 Å². The Kier molecular flexibility index (Phi) is 9.53. The SMILES string of the molecule is c1ccc(-c2ccc(N(c3cccc(-c4ccc5c(c4)-c4cccc6cccc(c46)N5c4ccc(-c5ccccc5)cc4)c3)c3ccc4c(c3)c3c5ccccc5ccc3n4-c3ccccc3)cc2)cc1. The van der Waals surface area contributed by atoms with Gasteiger partial charge in [0.05, 0.1) is 22.4 Å². The first-order valence-electron chi connectivity index (χ1n) is 24.4. The van der Waals surface area contributed by atoms with Gasteiger partial charge in [-0.15, -0.1) is 0 Å². The van der Waals surface area contributed by atoms with Crippen LogP contribution >= 0.6 is 0 Å². The van der Waals surface area contributed by atoms with E-state index in [9.17, 15) is 0 Å². The third-order valence-corrected chi connectivity index (χ3v) is 14.5. The Morgan fingerprint density at radius 1 is 0.268 bits per heavy atom. The number of fused-ring (bicyclic) bond motifs is 7. The number of anilines is 6. The minimum atomic E-state index is 1.08. The Hall–Kier alpha value is -9.44. The molecule has 0 saturated heterocycles. The van der Waals surface area contributed by atoms with Crippen LogP contribution in [0.5, 0.6) is 0 Å². The van der Waals surface area contributed by atoms with Crippen molar-refractivity contribution >= 4 is 77.5 Å². The van der Waals surface area contributed by atoms with Gasteiger partial charge in [0, 0.05) is 50.2 Å². The normalized spacial score (nSPS) is 11.9. The van der Waals surface area contributed by atoms with Crippen LogP contribution in [-0.2, 0) is 0 Å². The van der Waals surface area contributed by atoms with Crippen molar-refractivity contribution < 1.29 is 0 Å². The van der Waals surface area contributed by atoms with Crippen LogP contribution in [0, 0.1) is 0 Å². The number of nitrogens with zero attached hydrogens (tertiary/aromatic N) is 3. The largest absolute Gasteiger partial charge is 0.310 e. The molecular formula is C68H45N3. The van der Waals surface area contributed by atoms with E-state index in [2.05, 4.69) is 287 Å². The topological polar surface area (TPSA) is 11.4 Å². The van der Waals surface area contributed by atoms with Gasteiger partial charge in [-0.1, -0.05) is 182 Å². The number of benzene rings is 12. The Morgan fingerprint density at radius 2 is 0.831 bits per heavy atom. The second-order valence-corrected chi connectivity index (χ2v) is 18.5. The molecule has 1 aliphatic heterocycles. The Labute approximate surface area is 413 Å². The zero-order chi connectivity index (χ0) is 46.8. The second kappa shape index (κ2) is 16.7. The molecule has 0 saturated carbocycles. The Balaban J connectivity index is 0.929. The van der Waals surface area contributed by atoms with Gasteiger partial charge in [-0.3, -0.25) is 0 Å². The molecule has 332 valence electrons. The molecule has 0 spiro atoms. The lowest BCUT2D eigenvalue weighted by Crippen LogP contribution is -2.15. The summed E-state index contributed by atoms with van der Waals surface area (Å²) in [6, 6.07) is 99.8. The maximum Gasteiger partial charge on any atom is 0.0547 e. The number of para-hydroxylation sites is 1. The maximum absolute atomic E-state index is 2.44. The Morgan fingerprint density at radius 3 is 1.59 bits per heavy atom. The molecule has 14 rings (SSSR count). The summed E-state index contributed by atoms with van der Waals surface area (Å²) in [7, 11) is 0. The lowest BCUT2D eigenvalue weighted by molar-refractivity contribution is 1.18. The third-order valence-electron chi connectivity index (χ3n) is 14.5. The van der Waals surface area contributed by atoms with E-state index < -0.39 is 0 Å². The van der Waals surface area contributed by atoms with Gasteiger partial charge in [0.15, 0.2) is 0 Å². The first-order valence-corrected chi connectivity index (χ1v) is 24.4. The number of hydrogen-bond donors (Lipinski definition) is 0. The van der Waals surface area contributed by atoms with Crippen LogP contribution in [0.2, 0.25) is 0 Å². The first-order chi connectivity index (χ1) is 35.2. The van der Waals surface area contributed by atoms with E-state index >= 15 is 0 Å². The molecule has 0 amide bonds. The lowest BCUT2D eigenvalue weighted by atomic mass is 9.88. The van der Waals surface area contributed by atoms with Crippen LogP contribution in [0.1, 0.15) is 0 Å². The van der Waals surface area contributed by atoms with E-state index in [1.165, 1.54) is 88.1 Å². The second-order valence-electron chi connectivity index (χ2n) is 18.5. The lowest BCUT2D eigenvalue weighted by Gasteiger charge is -2.34. The van der Waals surface area contributed by atoms with Crippen LogP contribution in [0.4, 0.5) is 34.1 Å². The summed E-state index contributed by atoms with van der Waals surface area (Å²) in [5.41, 5.74) is 19.8. The quantitative estimate of drug-likeness (QED) is 0.151. The molecular weight excluding hydrogens is 859 g/mol. The number of hydrogen-bond acceptors (Lipinski definition) is 2. The highest BCUT2D eigenvalue weighted by molar-refractivity contribution is 6.22. The minimum Gasteiger partial charge on any atom is -0.310 e. The third kappa shape index (κ3) is 6.82. The summed E-state index contributed by atoms with van der Waals surface area (Å²) in [5, 5.41) is 7.44. The summed E-state index contributed by atoms with van der Waals surface area (Å²) < 4.78 is 2.41. The van der Waals surface area contributed by atoms with Crippen molar-refractivity contribution in [3.05, 3.63) is 273 Å². The van der Waals surface area contributed by atoms with Crippen LogP contribution in [0.15, 0.2) is 273 Å². The summed E-state index contributed by atoms with van der Waals surface area (Å²) in [6.07, 6.45) is 0. The predicted octanol–water partition coefficient (Wildman–Crippen LogP) is 19.0. The fraction of sp³-hybridized carbons (Fsp3) is 0. The molecule has 0 atom stereocenters. The molecule has 3 nitrogen and oxygen atoms in total. The molecule has 0 radical (unpaired) electrons. The van der Waals surface area contributed by atoms with Crippen molar-refractivity contribution in [2.24, 2.45) is 0 Å². The molecule has 71 heavy (non-hydrogen) atoms. The van der Waals surface area contributed by atoms with Crippen LogP contribution in [0.3, 0.4) is 0 Å². The molecule has 1 aromatic heterocycles. The van der Waals surface area contributed by atoms with Crippen molar-refractivity contribution in [2.75, 3.05) is 9.80 Å². The van der Waals surface area contributed by atoms with Crippen molar-refractivity contribution in [2.45, 2.75) is 0 Å². The zero-order valence-electron chi connectivity index (χ0n) is 38.8. The highest BCUT2D eigenvalue weighted by atomic mass is 15.2. The van der Waals surface area contributed by atoms with Crippen molar-refractivity contribution in [3.63, 3.8) is 0 Å². The Bertz CT molecular complexity index is 4130. The number of aromatic nitrogens is 1. The summed E-state index contributed by atoms with van der Waals surface area (Å²) in [5.74, 6) is 0. The first kappa shape index (κ1) is 40.6. The van der Waals surface area contributed by atoms with Crippen LogP contribution in [0.25, 0.3) is 93.5 Å². The summed E-state index contributed by atoms with van der Waals surface area (Å²) in [6.45, 7) is 0. The van der Waals surface area contributed by atoms with E-state index in [4.69, 9.17) is 0 Å². The van der Waals surface area contributed by atoms with Gasteiger partial charge in [-0.2, -0.15) is 0 Å². The fourth-order valence-corrected chi connectivity index (χ4v) is 11.2. The van der Waals surface area contributed by atoms with E-state index in [0.29, 0.717) is 0 Å². The predicted molar refractivity (Wildman–Crippen MR) is 300 cm³/mol. The van der Waals surface area contributed by atoms with Gasteiger partial charge in [0.25, 0.3) is 0 Å². The van der Waals surface area contributed by atoms with Crippen molar-refractivity contribution in [1.82, 2.24) is 4.57 Å². The highest BCUT2D eigenvalue weighted by Gasteiger charge is 2.27. The monoisotopic (exact) mass is 903 g/mol. The molecule has 0 bridgehead atoms. The number of rotatable bonds is 8. The van der Waals surface area contributed by atoms with Crippen LogP contribution < -0.4 is 9.80 Å². The van der Waals surface area contributed by atoms with Gasteiger partial charge in [-0.05, 0) is 146 Å². The molecule has 0 aliphatic carbocycles. The van der Waals surface area contributed by atoms with Crippen molar-refractivity contribution in [1.29, 1.82) is 0 Å². The average molecular weight is 904 g/mol. The molecule has 3 heteroatoms. The van der Waals surface area contributed by atoms with Crippen LogP contribution in [-0.4, -0.2) is 4.57 Å². The summed E-state index contributed by atoms with van der Waals surface area (Å²) in [4.78, 5) is 4.86. The molecule has 2 heterocycles. The molecule has 13 aromatic rings. The fourth-order valence-electron chi connectivity index (χ4n) is 11.2.